The summed E-state index contributed by atoms with van der Waals surface area (Å²) in [4.78, 5) is 0. The molecule has 1 unspecified atom stereocenters. The highest BCUT2D eigenvalue weighted by molar-refractivity contribution is 6.43. The molecular formula is C9H19BO2. The van der Waals surface area contributed by atoms with E-state index in [0.29, 0.717) is 5.92 Å². The summed E-state index contributed by atoms with van der Waals surface area (Å²) in [5.74, 6) is 0.652. The molecule has 0 aromatic heterocycles. The molecule has 1 aliphatic rings. The summed E-state index contributed by atoms with van der Waals surface area (Å²) in [6, 6.07) is 0. The van der Waals surface area contributed by atoms with Gasteiger partial charge in [0.1, 0.15) is 0 Å². The van der Waals surface area contributed by atoms with Crippen molar-refractivity contribution in [3.63, 3.8) is 0 Å². The molecule has 2 atom stereocenters. The van der Waals surface area contributed by atoms with E-state index in [-0.39, 0.29) is 5.41 Å². The van der Waals surface area contributed by atoms with Crippen LogP contribution in [0.3, 0.4) is 0 Å². The van der Waals surface area contributed by atoms with Crippen LogP contribution in [0.2, 0.25) is 6.32 Å². The fraction of sp³-hybridized carbons (Fsp3) is 1.00. The zero-order valence-electron chi connectivity index (χ0n) is 8.34. The van der Waals surface area contributed by atoms with E-state index in [0.717, 1.165) is 19.3 Å². The minimum absolute atomic E-state index is 0.244. The molecule has 2 nitrogen and oxygen atoms in total. The van der Waals surface area contributed by atoms with E-state index in [9.17, 15) is 5.02 Å². The highest BCUT2D eigenvalue weighted by atomic mass is 16.5. The summed E-state index contributed by atoms with van der Waals surface area (Å²) in [5.41, 5.74) is 0.244. The minimum atomic E-state index is -0.515. The fourth-order valence-corrected chi connectivity index (χ4v) is 2.10. The van der Waals surface area contributed by atoms with Gasteiger partial charge in [-0.25, -0.2) is 0 Å². The van der Waals surface area contributed by atoms with Gasteiger partial charge in [0, 0.05) is 6.61 Å². The maximum Gasteiger partial charge on any atom is 0.454 e. The first-order chi connectivity index (χ1) is 5.64. The number of rotatable bonds is 3. The van der Waals surface area contributed by atoms with Gasteiger partial charge in [0.05, 0.1) is 0 Å². The Balaban J connectivity index is 2.63. The lowest BCUT2D eigenvalue weighted by atomic mass is 9.64. The third-order valence-corrected chi connectivity index (χ3v) is 3.51. The van der Waals surface area contributed by atoms with Crippen LogP contribution in [0, 0.1) is 11.3 Å². The standard InChI is InChI=1S/C9H19BO2/c1-4-8(3)9(5-2)6-10(11)12-7-9/h8,11H,4-7H2,1-3H3/t8-,9?/m1/s1. The van der Waals surface area contributed by atoms with Gasteiger partial charge in [0.2, 0.25) is 0 Å². The van der Waals surface area contributed by atoms with E-state index in [1.807, 2.05) is 0 Å². The first-order valence-electron chi connectivity index (χ1n) is 4.94. The Labute approximate surface area is 75.5 Å². The maximum absolute atomic E-state index is 9.32. The van der Waals surface area contributed by atoms with Gasteiger partial charge < -0.3 is 9.68 Å². The third kappa shape index (κ3) is 1.67. The molecule has 3 heteroatoms. The molecule has 0 spiro atoms. The van der Waals surface area contributed by atoms with E-state index < -0.39 is 7.12 Å². The molecule has 70 valence electrons. The zero-order chi connectivity index (χ0) is 9.19. The largest absolute Gasteiger partial charge is 0.454 e. The summed E-state index contributed by atoms with van der Waals surface area (Å²) in [5, 5.41) is 9.32. The normalized spacial score (nSPS) is 32.5. The summed E-state index contributed by atoms with van der Waals surface area (Å²) in [6.07, 6.45) is 3.10. The molecule has 1 aliphatic heterocycles. The first-order valence-corrected chi connectivity index (χ1v) is 4.94. The van der Waals surface area contributed by atoms with Crippen LogP contribution in [0.15, 0.2) is 0 Å². The van der Waals surface area contributed by atoms with Gasteiger partial charge in [-0.15, -0.1) is 0 Å². The molecule has 0 aliphatic carbocycles. The van der Waals surface area contributed by atoms with Crippen LogP contribution in [0.4, 0.5) is 0 Å². The van der Waals surface area contributed by atoms with E-state index >= 15 is 0 Å². The molecule has 0 amide bonds. The average molecular weight is 170 g/mol. The average Bonchev–Trinajstić information content (AvgIpc) is 2.47. The molecule has 1 heterocycles. The predicted octanol–water partition coefficient (Wildman–Crippen LogP) is 1.94. The summed E-state index contributed by atoms with van der Waals surface area (Å²) in [6.45, 7) is 7.38. The Kier molecular flexibility index (Phi) is 3.19. The van der Waals surface area contributed by atoms with E-state index in [1.165, 1.54) is 6.42 Å². The van der Waals surface area contributed by atoms with Crippen molar-refractivity contribution >= 4 is 7.12 Å². The van der Waals surface area contributed by atoms with Crippen molar-refractivity contribution in [2.75, 3.05) is 6.61 Å². The Hall–Kier alpha value is -0.0151. The van der Waals surface area contributed by atoms with Crippen LogP contribution >= 0.6 is 0 Å². The molecule has 0 saturated carbocycles. The minimum Gasteiger partial charge on any atom is -0.427 e. The van der Waals surface area contributed by atoms with Crippen molar-refractivity contribution in [3.8, 4) is 0 Å². The molecule has 1 rings (SSSR count). The van der Waals surface area contributed by atoms with Gasteiger partial charge in [-0.1, -0.05) is 27.2 Å². The van der Waals surface area contributed by atoms with E-state index in [1.54, 1.807) is 0 Å². The van der Waals surface area contributed by atoms with Gasteiger partial charge in [-0.05, 0) is 24.1 Å². The van der Waals surface area contributed by atoms with Crippen molar-refractivity contribution in [2.45, 2.75) is 39.9 Å². The quantitative estimate of drug-likeness (QED) is 0.655. The Morgan fingerprint density at radius 2 is 2.25 bits per heavy atom. The smallest absolute Gasteiger partial charge is 0.427 e. The highest BCUT2D eigenvalue weighted by Gasteiger charge is 2.44. The lowest BCUT2D eigenvalue weighted by Gasteiger charge is -2.32. The van der Waals surface area contributed by atoms with Crippen LogP contribution in [0.1, 0.15) is 33.6 Å². The molecule has 1 fully saturated rings. The zero-order valence-corrected chi connectivity index (χ0v) is 8.34. The first kappa shape index (κ1) is 10.1. The second kappa shape index (κ2) is 3.80. The Morgan fingerprint density at radius 3 is 2.58 bits per heavy atom. The lowest BCUT2D eigenvalue weighted by molar-refractivity contribution is 0.131. The van der Waals surface area contributed by atoms with Crippen LogP contribution in [0.25, 0.3) is 0 Å². The van der Waals surface area contributed by atoms with Gasteiger partial charge in [0.25, 0.3) is 0 Å². The van der Waals surface area contributed by atoms with E-state index in [2.05, 4.69) is 20.8 Å². The number of hydrogen-bond acceptors (Lipinski definition) is 2. The van der Waals surface area contributed by atoms with Crippen LogP contribution in [-0.2, 0) is 4.65 Å². The molecule has 1 saturated heterocycles. The molecule has 0 radical (unpaired) electrons. The molecule has 0 aromatic carbocycles. The van der Waals surface area contributed by atoms with Crippen LogP contribution in [-0.4, -0.2) is 18.7 Å². The predicted molar refractivity (Wildman–Crippen MR) is 50.9 cm³/mol. The van der Waals surface area contributed by atoms with Gasteiger partial charge in [-0.3, -0.25) is 0 Å². The molecule has 12 heavy (non-hydrogen) atoms. The summed E-state index contributed by atoms with van der Waals surface area (Å²) >= 11 is 0. The summed E-state index contributed by atoms with van der Waals surface area (Å²) in [7, 11) is -0.515. The van der Waals surface area contributed by atoms with E-state index in [4.69, 9.17) is 4.65 Å². The maximum atomic E-state index is 9.32. The van der Waals surface area contributed by atoms with Crippen molar-refractivity contribution in [3.05, 3.63) is 0 Å². The fourth-order valence-electron chi connectivity index (χ4n) is 2.10. The van der Waals surface area contributed by atoms with Gasteiger partial charge >= 0.3 is 7.12 Å². The van der Waals surface area contributed by atoms with Crippen molar-refractivity contribution in [2.24, 2.45) is 11.3 Å². The van der Waals surface area contributed by atoms with Crippen molar-refractivity contribution in [1.82, 2.24) is 0 Å². The Morgan fingerprint density at radius 1 is 1.58 bits per heavy atom. The van der Waals surface area contributed by atoms with Gasteiger partial charge in [-0.2, -0.15) is 0 Å². The van der Waals surface area contributed by atoms with Crippen molar-refractivity contribution in [1.29, 1.82) is 0 Å². The monoisotopic (exact) mass is 170 g/mol. The third-order valence-electron chi connectivity index (χ3n) is 3.51. The highest BCUT2D eigenvalue weighted by Crippen LogP contribution is 2.42. The topological polar surface area (TPSA) is 29.5 Å². The second-order valence-electron chi connectivity index (χ2n) is 4.00. The van der Waals surface area contributed by atoms with Gasteiger partial charge in [0.15, 0.2) is 0 Å². The molecule has 1 N–H and O–H groups in total. The molecule has 0 aromatic rings. The van der Waals surface area contributed by atoms with Crippen molar-refractivity contribution < 1.29 is 9.68 Å². The van der Waals surface area contributed by atoms with Crippen LogP contribution in [0.5, 0.6) is 0 Å². The molecule has 0 bridgehead atoms. The summed E-state index contributed by atoms with van der Waals surface area (Å²) < 4.78 is 5.24. The Bertz CT molecular complexity index is 151. The number of hydrogen-bond donors (Lipinski definition) is 1. The second-order valence-corrected chi connectivity index (χ2v) is 4.00. The lowest BCUT2D eigenvalue weighted by Crippen LogP contribution is -2.28. The molecular weight excluding hydrogens is 151 g/mol. The SMILES string of the molecule is CC[C@@H](C)C1(CC)COB(O)C1. The van der Waals surface area contributed by atoms with Crippen LogP contribution < -0.4 is 0 Å².